The van der Waals surface area contributed by atoms with E-state index in [-0.39, 0.29) is 5.41 Å². The Labute approximate surface area is 193 Å². The number of methoxy groups -OCH3 is 3. The third-order valence-electron chi connectivity index (χ3n) is 6.73. The van der Waals surface area contributed by atoms with Crippen LogP contribution in [0.15, 0.2) is 36.4 Å². The van der Waals surface area contributed by atoms with Gasteiger partial charge in [0, 0.05) is 5.41 Å². The molecule has 3 heteroatoms. The molecule has 0 aliphatic rings. The van der Waals surface area contributed by atoms with Gasteiger partial charge >= 0.3 is 0 Å². The second-order valence-corrected chi connectivity index (χ2v) is 9.05. The highest BCUT2D eigenvalue weighted by molar-refractivity contribution is 5.59. The molecule has 0 saturated carbocycles. The quantitative estimate of drug-likeness (QED) is 0.396. The lowest BCUT2D eigenvalue weighted by Crippen LogP contribution is -2.26. The minimum atomic E-state index is -0.370. The first-order valence-electron chi connectivity index (χ1n) is 11.1. The highest BCUT2D eigenvalue weighted by Gasteiger charge is 2.34. The van der Waals surface area contributed by atoms with Crippen LogP contribution in [0.5, 0.6) is 17.2 Å². The smallest absolute Gasteiger partial charge is 0.124 e. The first-order valence-corrected chi connectivity index (χ1v) is 11.1. The summed E-state index contributed by atoms with van der Waals surface area (Å²) in [7, 11) is 5.21. The zero-order valence-electron chi connectivity index (χ0n) is 21.2. The molecule has 3 aromatic rings. The van der Waals surface area contributed by atoms with Gasteiger partial charge in [-0.05, 0) is 98.5 Å². The molecule has 0 radical (unpaired) electrons. The van der Waals surface area contributed by atoms with Crippen LogP contribution in [-0.4, -0.2) is 21.3 Å². The minimum Gasteiger partial charge on any atom is -0.496 e. The van der Waals surface area contributed by atoms with Crippen LogP contribution in [0, 0.1) is 41.5 Å². The van der Waals surface area contributed by atoms with Gasteiger partial charge in [0.05, 0.1) is 21.3 Å². The van der Waals surface area contributed by atoms with Crippen LogP contribution in [0.4, 0.5) is 0 Å². The fraction of sp³-hybridized carbons (Fsp3) is 0.379. The summed E-state index contributed by atoms with van der Waals surface area (Å²) >= 11 is 0. The second kappa shape index (κ2) is 8.90. The summed E-state index contributed by atoms with van der Waals surface area (Å²) in [5.41, 5.74) is 10.2. The summed E-state index contributed by atoms with van der Waals surface area (Å²) in [6.45, 7) is 15.0. The molecule has 0 atom stereocenters. The standard InChI is InChI=1S/C29H36O3/c1-17-11-23(12-18(2)26(17)30-8)29(7,24-13-19(3)27(31-9)20(4)14-24)25-15-21(5)28(32-10)22(6)16-25/h11-16H,1-10H3. The number of aryl methyl sites for hydroxylation is 6. The summed E-state index contributed by atoms with van der Waals surface area (Å²) < 4.78 is 17.0. The van der Waals surface area contributed by atoms with Crippen molar-refractivity contribution in [2.24, 2.45) is 0 Å². The lowest BCUT2D eigenvalue weighted by Gasteiger charge is -2.34. The van der Waals surface area contributed by atoms with E-state index >= 15 is 0 Å². The maximum Gasteiger partial charge on any atom is 0.124 e. The average molecular weight is 433 g/mol. The van der Waals surface area contributed by atoms with Gasteiger partial charge in [-0.3, -0.25) is 0 Å². The van der Waals surface area contributed by atoms with Crippen molar-refractivity contribution >= 4 is 0 Å². The molecular formula is C29H36O3. The van der Waals surface area contributed by atoms with Gasteiger partial charge in [-0.15, -0.1) is 0 Å². The van der Waals surface area contributed by atoms with E-state index in [1.807, 2.05) is 0 Å². The maximum atomic E-state index is 5.66. The average Bonchev–Trinajstić information content (AvgIpc) is 2.72. The van der Waals surface area contributed by atoms with E-state index in [2.05, 4.69) is 84.9 Å². The maximum absolute atomic E-state index is 5.66. The van der Waals surface area contributed by atoms with Gasteiger partial charge in [-0.2, -0.15) is 0 Å². The largest absolute Gasteiger partial charge is 0.496 e. The molecule has 0 unspecified atom stereocenters. The fourth-order valence-corrected chi connectivity index (χ4v) is 5.18. The normalized spacial score (nSPS) is 11.4. The predicted octanol–water partition coefficient (Wildman–Crippen LogP) is 6.92. The van der Waals surface area contributed by atoms with Crippen molar-refractivity contribution in [3.8, 4) is 17.2 Å². The van der Waals surface area contributed by atoms with Gasteiger partial charge in [-0.25, -0.2) is 0 Å². The molecule has 0 aromatic heterocycles. The Balaban J connectivity index is 2.40. The number of hydrogen-bond donors (Lipinski definition) is 0. The molecule has 0 aliphatic heterocycles. The lowest BCUT2D eigenvalue weighted by atomic mass is 9.69. The monoisotopic (exact) mass is 432 g/mol. The van der Waals surface area contributed by atoms with Crippen LogP contribution < -0.4 is 14.2 Å². The predicted molar refractivity (Wildman–Crippen MR) is 133 cm³/mol. The third-order valence-corrected chi connectivity index (χ3v) is 6.73. The topological polar surface area (TPSA) is 27.7 Å². The van der Waals surface area contributed by atoms with Gasteiger partial charge in [0.1, 0.15) is 17.2 Å². The Morgan fingerprint density at radius 1 is 0.438 bits per heavy atom. The van der Waals surface area contributed by atoms with Crippen LogP contribution in [0.25, 0.3) is 0 Å². The first kappa shape index (κ1) is 23.7. The number of ether oxygens (including phenoxy) is 3. The van der Waals surface area contributed by atoms with E-state index in [0.29, 0.717) is 0 Å². The zero-order valence-corrected chi connectivity index (χ0v) is 21.2. The molecule has 0 fully saturated rings. The molecular weight excluding hydrogens is 396 g/mol. The number of rotatable bonds is 6. The SMILES string of the molecule is COc1c(C)cc(C(C)(c2cc(C)c(OC)c(C)c2)c2cc(C)c(OC)c(C)c2)cc1C. The third kappa shape index (κ3) is 3.85. The number of benzene rings is 3. The molecule has 170 valence electrons. The van der Waals surface area contributed by atoms with Crippen LogP contribution in [-0.2, 0) is 5.41 Å². The Bertz CT molecular complexity index is 944. The Kier molecular flexibility index (Phi) is 6.59. The van der Waals surface area contributed by atoms with Crippen molar-refractivity contribution in [1.82, 2.24) is 0 Å². The van der Waals surface area contributed by atoms with Gasteiger partial charge in [0.15, 0.2) is 0 Å². The van der Waals surface area contributed by atoms with Crippen LogP contribution in [0.2, 0.25) is 0 Å². The van der Waals surface area contributed by atoms with Crippen LogP contribution in [0.1, 0.15) is 57.0 Å². The van der Waals surface area contributed by atoms with Gasteiger partial charge < -0.3 is 14.2 Å². The minimum absolute atomic E-state index is 0.370. The van der Waals surface area contributed by atoms with Crippen molar-refractivity contribution in [2.45, 2.75) is 53.9 Å². The molecule has 0 amide bonds. The van der Waals surface area contributed by atoms with Crippen molar-refractivity contribution in [1.29, 1.82) is 0 Å². The molecule has 0 bridgehead atoms. The molecule has 3 rings (SSSR count). The van der Waals surface area contributed by atoms with E-state index in [9.17, 15) is 0 Å². The van der Waals surface area contributed by atoms with E-state index in [1.54, 1.807) is 21.3 Å². The molecule has 0 saturated heterocycles. The Morgan fingerprint density at radius 3 is 0.781 bits per heavy atom. The summed E-state index contributed by atoms with van der Waals surface area (Å²) in [4.78, 5) is 0. The van der Waals surface area contributed by atoms with E-state index in [4.69, 9.17) is 14.2 Å². The first-order chi connectivity index (χ1) is 15.1. The summed E-state index contributed by atoms with van der Waals surface area (Å²) in [5, 5.41) is 0. The second-order valence-electron chi connectivity index (χ2n) is 9.05. The molecule has 0 heterocycles. The Hall–Kier alpha value is -2.94. The molecule has 0 aliphatic carbocycles. The summed E-state index contributed by atoms with van der Waals surface area (Å²) in [5.74, 6) is 2.83. The molecule has 0 N–H and O–H groups in total. The van der Waals surface area contributed by atoms with E-state index < -0.39 is 0 Å². The summed E-state index contributed by atoms with van der Waals surface area (Å²) in [6.07, 6.45) is 0. The van der Waals surface area contributed by atoms with Gasteiger partial charge in [0.2, 0.25) is 0 Å². The summed E-state index contributed by atoms with van der Waals surface area (Å²) in [6, 6.07) is 13.6. The zero-order chi connectivity index (χ0) is 23.8. The molecule has 32 heavy (non-hydrogen) atoms. The van der Waals surface area contributed by atoms with Crippen molar-refractivity contribution in [3.63, 3.8) is 0 Å². The fourth-order valence-electron chi connectivity index (χ4n) is 5.18. The lowest BCUT2D eigenvalue weighted by molar-refractivity contribution is 0.407. The number of hydrogen-bond acceptors (Lipinski definition) is 3. The molecule has 3 aromatic carbocycles. The van der Waals surface area contributed by atoms with Crippen molar-refractivity contribution in [3.05, 3.63) is 86.5 Å². The Morgan fingerprint density at radius 2 is 0.625 bits per heavy atom. The van der Waals surface area contributed by atoms with Crippen molar-refractivity contribution in [2.75, 3.05) is 21.3 Å². The highest BCUT2D eigenvalue weighted by Crippen LogP contribution is 2.44. The van der Waals surface area contributed by atoms with E-state index in [1.165, 1.54) is 16.7 Å². The van der Waals surface area contributed by atoms with Gasteiger partial charge in [-0.1, -0.05) is 36.4 Å². The van der Waals surface area contributed by atoms with Crippen molar-refractivity contribution < 1.29 is 14.2 Å². The highest BCUT2D eigenvalue weighted by atomic mass is 16.5. The van der Waals surface area contributed by atoms with E-state index in [0.717, 1.165) is 50.6 Å². The molecule has 3 nitrogen and oxygen atoms in total. The van der Waals surface area contributed by atoms with Crippen LogP contribution >= 0.6 is 0 Å². The van der Waals surface area contributed by atoms with Gasteiger partial charge in [0.25, 0.3) is 0 Å². The molecule has 0 spiro atoms. The van der Waals surface area contributed by atoms with Crippen LogP contribution in [0.3, 0.4) is 0 Å².